The number of amides is 1. The molecule has 0 radical (unpaired) electrons. The number of benzene rings is 1. The first-order chi connectivity index (χ1) is 8.08. The van der Waals surface area contributed by atoms with Crippen molar-refractivity contribution in [3.63, 3.8) is 0 Å². The lowest BCUT2D eigenvalue weighted by Gasteiger charge is -2.20. The number of likely N-dealkylation sites (N-methyl/N-ethyl adjacent to an activating group) is 1. The van der Waals surface area contributed by atoms with Gasteiger partial charge in [0.15, 0.2) is 5.84 Å². The Morgan fingerprint density at radius 3 is 2.76 bits per heavy atom. The van der Waals surface area contributed by atoms with Crippen LogP contribution in [0.4, 0.5) is 0 Å². The standard InChI is InChI=1S/C12H17N3O2/c1-3-15(8-11(13)14-17)12(16)10-6-4-5-9(2)7-10/h4-7,17H,3,8H2,1-2H3,(H2,13,14). The van der Waals surface area contributed by atoms with Crippen molar-refractivity contribution >= 4 is 11.7 Å². The normalized spacial score (nSPS) is 11.3. The second kappa shape index (κ2) is 5.89. The maximum atomic E-state index is 12.1. The lowest BCUT2D eigenvalue weighted by molar-refractivity contribution is 0.0786. The fourth-order valence-electron chi connectivity index (χ4n) is 1.52. The molecule has 0 fully saturated rings. The molecular weight excluding hydrogens is 218 g/mol. The molecule has 0 unspecified atom stereocenters. The molecule has 5 nitrogen and oxygen atoms in total. The van der Waals surface area contributed by atoms with Crippen LogP contribution in [0.15, 0.2) is 29.4 Å². The van der Waals surface area contributed by atoms with Crippen molar-refractivity contribution in [1.29, 1.82) is 0 Å². The highest BCUT2D eigenvalue weighted by molar-refractivity contribution is 5.97. The summed E-state index contributed by atoms with van der Waals surface area (Å²) in [6, 6.07) is 7.33. The smallest absolute Gasteiger partial charge is 0.254 e. The first-order valence-corrected chi connectivity index (χ1v) is 5.40. The van der Waals surface area contributed by atoms with Crippen LogP contribution in [0.25, 0.3) is 0 Å². The largest absolute Gasteiger partial charge is 0.409 e. The zero-order valence-electron chi connectivity index (χ0n) is 10.1. The van der Waals surface area contributed by atoms with E-state index in [1.165, 1.54) is 4.90 Å². The third kappa shape index (κ3) is 3.48. The number of hydrogen-bond acceptors (Lipinski definition) is 3. The number of carbonyl (C=O) groups excluding carboxylic acids is 1. The Kier molecular flexibility index (Phi) is 4.51. The topological polar surface area (TPSA) is 78.9 Å². The minimum Gasteiger partial charge on any atom is -0.409 e. The van der Waals surface area contributed by atoms with Crippen LogP contribution in [0.1, 0.15) is 22.8 Å². The van der Waals surface area contributed by atoms with Gasteiger partial charge in [-0.05, 0) is 26.0 Å². The average Bonchev–Trinajstić information content (AvgIpc) is 2.34. The van der Waals surface area contributed by atoms with Crippen LogP contribution in [0.3, 0.4) is 0 Å². The highest BCUT2D eigenvalue weighted by atomic mass is 16.4. The van der Waals surface area contributed by atoms with Gasteiger partial charge in [-0.1, -0.05) is 22.9 Å². The van der Waals surface area contributed by atoms with Gasteiger partial charge in [-0.2, -0.15) is 0 Å². The molecule has 1 amide bonds. The fraction of sp³-hybridized carbons (Fsp3) is 0.333. The number of nitrogens with zero attached hydrogens (tertiary/aromatic N) is 2. The summed E-state index contributed by atoms with van der Waals surface area (Å²) in [5.74, 6) is -0.101. The van der Waals surface area contributed by atoms with Gasteiger partial charge in [-0.3, -0.25) is 4.79 Å². The van der Waals surface area contributed by atoms with Crippen molar-refractivity contribution in [3.8, 4) is 0 Å². The third-order valence-corrected chi connectivity index (χ3v) is 2.42. The Labute approximate surface area is 101 Å². The predicted octanol–water partition coefficient (Wildman–Crippen LogP) is 1.20. The summed E-state index contributed by atoms with van der Waals surface area (Å²) in [6.45, 7) is 4.40. The number of oxime groups is 1. The number of hydrogen-bond donors (Lipinski definition) is 2. The summed E-state index contributed by atoms with van der Waals surface area (Å²) < 4.78 is 0. The first-order valence-electron chi connectivity index (χ1n) is 5.40. The van der Waals surface area contributed by atoms with E-state index in [2.05, 4.69) is 5.16 Å². The number of carbonyl (C=O) groups is 1. The van der Waals surface area contributed by atoms with Gasteiger partial charge in [-0.25, -0.2) is 0 Å². The van der Waals surface area contributed by atoms with E-state index >= 15 is 0 Å². The zero-order chi connectivity index (χ0) is 12.8. The lowest BCUT2D eigenvalue weighted by atomic mass is 10.1. The molecule has 0 spiro atoms. The minimum atomic E-state index is -0.122. The van der Waals surface area contributed by atoms with Gasteiger partial charge in [0.1, 0.15) is 0 Å². The molecule has 1 aromatic carbocycles. The van der Waals surface area contributed by atoms with Gasteiger partial charge in [-0.15, -0.1) is 0 Å². The van der Waals surface area contributed by atoms with Crippen LogP contribution in [0.2, 0.25) is 0 Å². The number of nitrogens with two attached hydrogens (primary N) is 1. The Morgan fingerprint density at radius 1 is 1.53 bits per heavy atom. The summed E-state index contributed by atoms with van der Waals surface area (Å²) in [4.78, 5) is 13.6. The number of amidine groups is 1. The van der Waals surface area contributed by atoms with Crippen LogP contribution in [0, 0.1) is 6.92 Å². The van der Waals surface area contributed by atoms with E-state index in [-0.39, 0.29) is 18.3 Å². The fourth-order valence-corrected chi connectivity index (χ4v) is 1.52. The molecule has 0 bridgehead atoms. The van der Waals surface area contributed by atoms with Crippen molar-refractivity contribution in [2.75, 3.05) is 13.1 Å². The molecule has 1 rings (SSSR count). The Morgan fingerprint density at radius 2 is 2.24 bits per heavy atom. The average molecular weight is 235 g/mol. The van der Waals surface area contributed by atoms with Crippen molar-refractivity contribution in [3.05, 3.63) is 35.4 Å². The summed E-state index contributed by atoms with van der Waals surface area (Å²) in [5.41, 5.74) is 7.03. The summed E-state index contributed by atoms with van der Waals surface area (Å²) in [6.07, 6.45) is 0. The van der Waals surface area contributed by atoms with Crippen LogP contribution in [-0.4, -0.2) is 34.9 Å². The summed E-state index contributed by atoms with van der Waals surface area (Å²) in [5, 5.41) is 11.4. The highest BCUT2D eigenvalue weighted by Crippen LogP contribution is 2.07. The van der Waals surface area contributed by atoms with Crippen molar-refractivity contribution in [2.24, 2.45) is 10.9 Å². The Balaban J connectivity index is 2.86. The number of rotatable bonds is 4. The molecule has 0 aliphatic heterocycles. The summed E-state index contributed by atoms with van der Waals surface area (Å²) >= 11 is 0. The van der Waals surface area contributed by atoms with Crippen LogP contribution in [-0.2, 0) is 0 Å². The van der Waals surface area contributed by atoms with E-state index in [4.69, 9.17) is 10.9 Å². The van der Waals surface area contributed by atoms with Crippen molar-refractivity contribution in [1.82, 2.24) is 4.90 Å². The van der Waals surface area contributed by atoms with E-state index < -0.39 is 0 Å². The Bertz CT molecular complexity index is 430. The molecule has 0 atom stereocenters. The van der Waals surface area contributed by atoms with Crippen molar-refractivity contribution in [2.45, 2.75) is 13.8 Å². The molecule has 17 heavy (non-hydrogen) atoms. The molecular formula is C12H17N3O2. The third-order valence-electron chi connectivity index (χ3n) is 2.42. The molecule has 0 saturated heterocycles. The van der Waals surface area contributed by atoms with Crippen LogP contribution in [0.5, 0.6) is 0 Å². The van der Waals surface area contributed by atoms with Crippen LogP contribution >= 0.6 is 0 Å². The quantitative estimate of drug-likeness (QED) is 0.356. The van der Waals surface area contributed by atoms with E-state index in [0.717, 1.165) is 5.56 Å². The van der Waals surface area contributed by atoms with E-state index in [0.29, 0.717) is 12.1 Å². The summed E-state index contributed by atoms with van der Waals surface area (Å²) in [7, 11) is 0. The molecule has 5 heteroatoms. The van der Waals surface area contributed by atoms with Crippen molar-refractivity contribution < 1.29 is 10.0 Å². The van der Waals surface area contributed by atoms with E-state index in [9.17, 15) is 4.79 Å². The van der Waals surface area contributed by atoms with Gasteiger partial charge < -0.3 is 15.8 Å². The number of aryl methyl sites for hydroxylation is 1. The van der Waals surface area contributed by atoms with Gasteiger partial charge in [0.25, 0.3) is 5.91 Å². The molecule has 0 aromatic heterocycles. The van der Waals surface area contributed by atoms with Gasteiger partial charge in [0.05, 0.1) is 6.54 Å². The predicted molar refractivity (Wildman–Crippen MR) is 66.2 cm³/mol. The maximum absolute atomic E-state index is 12.1. The maximum Gasteiger partial charge on any atom is 0.254 e. The van der Waals surface area contributed by atoms with Gasteiger partial charge in [0, 0.05) is 12.1 Å². The van der Waals surface area contributed by atoms with Crippen LogP contribution < -0.4 is 5.73 Å². The highest BCUT2D eigenvalue weighted by Gasteiger charge is 2.15. The second-order valence-corrected chi connectivity index (χ2v) is 3.78. The van der Waals surface area contributed by atoms with E-state index in [1.54, 1.807) is 6.07 Å². The molecule has 1 aromatic rings. The Hall–Kier alpha value is -2.04. The van der Waals surface area contributed by atoms with Gasteiger partial charge >= 0.3 is 0 Å². The molecule has 0 aliphatic carbocycles. The zero-order valence-corrected chi connectivity index (χ0v) is 10.1. The SMILES string of the molecule is CCN(CC(N)=NO)C(=O)c1cccc(C)c1. The molecule has 0 saturated carbocycles. The lowest BCUT2D eigenvalue weighted by Crippen LogP contribution is -2.38. The molecule has 92 valence electrons. The minimum absolute atomic E-state index is 0.0212. The molecule has 0 heterocycles. The first kappa shape index (κ1) is 13.0. The van der Waals surface area contributed by atoms with E-state index in [1.807, 2.05) is 32.0 Å². The second-order valence-electron chi connectivity index (χ2n) is 3.78. The monoisotopic (exact) mass is 235 g/mol. The van der Waals surface area contributed by atoms with Gasteiger partial charge in [0.2, 0.25) is 0 Å². The molecule has 0 aliphatic rings. The molecule has 3 N–H and O–H groups in total.